The number of anilines is 1. The van der Waals surface area contributed by atoms with E-state index in [-0.39, 0.29) is 5.69 Å². The summed E-state index contributed by atoms with van der Waals surface area (Å²) >= 11 is 0. The van der Waals surface area contributed by atoms with Crippen molar-refractivity contribution in [3.63, 3.8) is 0 Å². The molecule has 0 bridgehead atoms. The summed E-state index contributed by atoms with van der Waals surface area (Å²) in [7, 11) is 0. The highest BCUT2D eigenvalue weighted by Gasteiger charge is 2.33. The molecule has 0 saturated carbocycles. The molecule has 2 aromatic rings. The predicted octanol–water partition coefficient (Wildman–Crippen LogP) is 6.06. The molecule has 9 heteroatoms. The molecule has 0 unspecified atom stereocenters. The number of carbonyl (C=O) groups is 3. The van der Waals surface area contributed by atoms with E-state index >= 15 is 0 Å². The minimum Gasteiger partial charge on any atom is -0.443 e. The largest absolute Gasteiger partial charge is 0.443 e. The third-order valence-corrected chi connectivity index (χ3v) is 4.05. The first-order chi connectivity index (χ1) is 14.9. The number of hydrogen-bond acceptors (Lipinski definition) is 7. The van der Waals surface area contributed by atoms with E-state index in [0.717, 1.165) is 4.90 Å². The number of aromatic nitrogens is 2. The Morgan fingerprint density at radius 2 is 1.33 bits per heavy atom. The Morgan fingerprint density at radius 1 is 0.848 bits per heavy atom. The molecule has 2 rings (SSSR count). The van der Waals surface area contributed by atoms with Crippen molar-refractivity contribution in [2.24, 2.45) is 0 Å². The molecule has 9 nitrogen and oxygen atoms in total. The highest BCUT2D eigenvalue weighted by Crippen LogP contribution is 2.27. The summed E-state index contributed by atoms with van der Waals surface area (Å²) < 4.78 is 17.8. The van der Waals surface area contributed by atoms with Crippen molar-refractivity contribution in [2.45, 2.75) is 92.5 Å². The lowest BCUT2D eigenvalue weighted by Gasteiger charge is -2.28. The molecule has 0 aromatic carbocycles. The summed E-state index contributed by atoms with van der Waals surface area (Å²) in [6, 6.07) is 3.37. The van der Waals surface area contributed by atoms with Crippen LogP contribution in [0.15, 0.2) is 18.3 Å². The lowest BCUT2D eigenvalue weighted by atomic mass is 10.2. The van der Waals surface area contributed by atoms with E-state index < -0.39 is 35.1 Å². The van der Waals surface area contributed by atoms with Gasteiger partial charge in [0, 0.05) is 11.1 Å². The van der Waals surface area contributed by atoms with Crippen LogP contribution in [-0.4, -0.2) is 44.6 Å². The standard InChI is InChI=1S/C24H35N3O6/c1-11-16-12-15-13-17(14-25-18(15)26(16)19(28)31-22(2,3)4)27(20(29)32-23(5,6)7)21(30)33-24(8,9)10/h12-14H,11H2,1-10H3. The SMILES string of the molecule is CCc1cc2cc(N(C(=O)OC(C)(C)C)C(=O)OC(C)(C)C)cnc2n1C(=O)OC(C)(C)C. The van der Waals surface area contributed by atoms with Gasteiger partial charge in [0.2, 0.25) is 0 Å². The molecular weight excluding hydrogens is 426 g/mol. The molecule has 2 amide bonds. The maximum atomic E-state index is 12.9. The second kappa shape index (κ2) is 9.03. The van der Waals surface area contributed by atoms with Crippen LogP contribution in [0.25, 0.3) is 11.0 Å². The van der Waals surface area contributed by atoms with Gasteiger partial charge in [0.05, 0.1) is 11.9 Å². The van der Waals surface area contributed by atoms with Gasteiger partial charge in [-0.1, -0.05) is 6.92 Å². The second-order valence-corrected chi connectivity index (χ2v) is 10.7. The number of fused-ring (bicyclic) bond motifs is 1. The second-order valence-electron chi connectivity index (χ2n) is 10.7. The number of hydrogen-bond donors (Lipinski definition) is 0. The fourth-order valence-corrected chi connectivity index (χ4v) is 2.93. The van der Waals surface area contributed by atoms with Gasteiger partial charge in [0.1, 0.15) is 22.5 Å². The van der Waals surface area contributed by atoms with Gasteiger partial charge in [-0.2, -0.15) is 4.90 Å². The van der Waals surface area contributed by atoms with Crippen LogP contribution in [0.2, 0.25) is 0 Å². The van der Waals surface area contributed by atoms with Gasteiger partial charge in [0.25, 0.3) is 0 Å². The first-order valence-corrected chi connectivity index (χ1v) is 10.9. The predicted molar refractivity (Wildman–Crippen MR) is 126 cm³/mol. The number of carbonyl (C=O) groups excluding carboxylic acids is 3. The van der Waals surface area contributed by atoms with Gasteiger partial charge in [0.15, 0.2) is 0 Å². The lowest BCUT2D eigenvalue weighted by Crippen LogP contribution is -2.43. The van der Waals surface area contributed by atoms with Crippen LogP contribution >= 0.6 is 0 Å². The first kappa shape index (κ1) is 26.2. The summed E-state index contributed by atoms with van der Waals surface area (Å²) in [6.07, 6.45) is -0.449. The smallest absolute Gasteiger partial charge is 0.424 e. The maximum Gasteiger partial charge on any atom is 0.424 e. The number of amides is 2. The van der Waals surface area contributed by atoms with Gasteiger partial charge < -0.3 is 14.2 Å². The maximum absolute atomic E-state index is 12.9. The highest BCUT2D eigenvalue weighted by molar-refractivity contribution is 6.10. The highest BCUT2D eigenvalue weighted by atomic mass is 16.6. The molecular formula is C24H35N3O6. The average Bonchev–Trinajstić information content (AvgIpc) is 2.95. The van der Waals surface area contributed by atoms with Gasteiger partial charge in [-0.15, -0.1) is 0 Å². The van der Waals surface area contributed by atoms with E-state index in [4.69, 9.17) is 14.2 Å². The van der Waals surface area contributed by atoms with Crippen LogP contribution in [0.5, 0.6) is 0 Å². The van der Waals surface area contributed by atoms with E-state index in [1.165, 1.54) is 10.8 Å². The van der Waals surface area contributed by atoms with Crippen LogP contribution in [0.4, 0.5) is 20.1 Å². The number of nitrogens with zero attached hydrogens (tertiary/aromatic N) is 3. The Balaban J connectivity index is 2.58. The van der Waals surface area contributed by atoms with Gasteiger partial charge in [-0.25, -0.2) is 23.9 Å². The Hall–Kier alpha value is -3.10. The number of pyridine rings is 1. The molecule has 182 valence electrons. The quantitative estimate of drug-likeness (QED) is 0.501. The molecule has 0 aliphatic rings. The third-order valence-electron chi connectivity index (χ3n) is 4.05. The molecule has 0 radical (unpaired) electrons. The van der Waals surface area contributed by atoms with Crippen LogP contribution in [-0.2, 0) is 20.6 Å². The van der Waals surface area contributed by atoms with Gasteiger partial charge in [-0.05, 0) is 80.9 Å². The fourth-order valence-electron chi connectivity index (χ4n) is 2.93. The molecule has 2 aromatic heterocycles. The van der Waals surface area contributed by atoms with Crippen molar-refractivity contribution in [3.05, 3.63) is 24.0 Å². The molecule has 0 spiro atoms. The Labute approximate surface area is 195 Å². The van der Waals surface area contributed by atoms with Crippen LogP contribution in [0.3, 0.4) is 0 Å². The summed E-state index contributed by atoms with van der Waals surface area (Å²) in [6.45, 7) is 17.5. The third kappa shape index (κ3) is 6.94. The van der Waals surface area contributed by atoms with Crippen LogP contribution in [0.1, 0.15) is 74.9 Å². The molecule has 0 N–H and O–H groups in total. The van der Waals surface area contributed by atoms with Crippen molar-refractivity contribution in [1.82, 2.24) is 9.55 Å². The number of rotatable bonds is 2. The topological polar surface area (TPSA) is 100.0 Å². The molecule has 0 fully saturated rings. The zero-order valence-corrected chi connectivity index (χ0v) is 21.2. The molecule has 0 atom stereocenters. The van der Waals surface area contributed by atoms with Crippen LogP contribution in [0, 0.1) is 0 Å². The minimum absolute atomic E-state index is 0.162. The van der Waals surface area contributed by atoms with Gasteiger partial charge in [-0.3, -0.25) is 0 Å². The summed E-state index contributed by atoms with van der Waals surface area (Å²) in [4.78, 5) is 43.8. The Morgan fingerprint density at radius 3 is 1.76 bits per heavy atom. The first-order valence-electron chi connectivity index (χ1n) is 10.9. The molecule has 2 heterocycles. The molecule has 0 aliphatic heterocycles. The molecule has 0 aliphatic carbocycles. The Bertz CT molecular complexity index is 1020. The monoisotopic (exact) mass is 461 g/mol. The average molecular weight is 462 g/mol. The van der Waals surface area contributed by atoms with Crippen molar-refractivity contribution in [2.75, 3.05) is 4.90 Å². The Kier molecular flexibility index (Phi) is 7.16. The molecule has 33 heavy (non-hydrogen) atoms. The summed E-state index contributed by atoms with van der Waals surface area (Å²) in [5.74, 6) is 0. The van der Waals surface area contributed by atoms with Crippen molar-refractivity contribution >= 4 is 35.0 Å². The summed E-state index contributed by atoms with van der Waals surface area (Å²) in [5, 5.41) is 0.562. The lowest BCUT2D eigenvalue weighted by molar-refractivity contribution is 0.0428. The minimum atomic E-state index is -0.889. The van der Waals surface area contributed by atoms with E-state index in [1.807, 2.05) is 6.92 Å². The van der Waals surface area contributed by atoms with E-state index in [9.17, 15) is 14.4 Å². The van der Waals surface area contributed by atoms with Crippen LogP contribution < -0.4 is 4.90 Å². The normalized spacial score (nSPS) is 12.4. The molecule has 0 saturated heterocycles. The summed E-state index contributed by atoms with van der Waals surface area (Å²) in [5.41, 5.74) is -1.13. The van der Waals surface area contributed by atoms with Gasteiger partial charge >= 0.3 is 18.3 Å². The van der Waals surface area contributed by atoms with E-state index in [0.29, 0.717) is 23.1 Å². The van der Waals surface area contributed by atoms with E-state index in [2.05, 4.69) is 4.98 Å². The van der Waals surface area contributed by atoms with E-state index in [1.54, 1.807) is 74.4 Å². The van der Waals surface area contributed by atoms with Crippen molar-refractivity contribution in [3.8, 4) is 0 Å². The number of aryl methyl sites for hydroxylation is 1. The number of ether oxygens (including phenoxy) is 3. The number of imide groups is 1. The van der Waals surface area contributed by atoms with Crippen molar-refractivity contribution in [1.29, 1.82) is 0 Å². The van der Waals surface area contributed by atoms with Crippen molar-refractivity contribution < 1.29 is 28.6 Å². The zero-order chi connectivity index (χ0) is 25.4. The zero-order valence-electron chi connectivity index (χ0n) is 21.2. The fraction of sp³-hybridized carbons (Fsp3) is 0.583.